The fourth-order valence-electron chi connectivity index (χ4n) is 1.75. The number of unbranched alkanes of at least 4 members (excludes halogenated alkanes) is 1. The van der Waals surface area contributed by atoms with Gasteiger partial charge in [0.05, 0.1) is 0 Å². The van der Waals surface area contributed by atoms with Gasteiger partial charge in [-0.25, -0.2) is 4.79 Å². The molecule has 0 fully saturated rings. The number of carboxylic acids is 1. The van der Waals surface area contributed by atoms with E-state index in [-0.39, 0.29) is 11.7 Å². The summed E-state index contributed by atoms with van der Waals surface area (Å²) in [5, 5.41) is 8.93. The van der Waals surface area contributed by atoms with Gasteiger partial charge in [0.1, 0.15) is 11.3 Å². The van der Waals surface area contributed by atoms with Crippen LogP contribution in [0.4, 0.5) is 0 Å². The number of ether oxygens (including phenoxy) is 1. The van der Waals surface area contributed by atoms with Crippen molar-refractivity contribution in [2.24, 2.45) is 0 Å². The molecule has 0 aromatic carbocycles. The number of hydrogen-bond acceptors (Lipinski definition) is 3. The molecule has 1 aromatic rings. The van der Waals surface area contributed by atoms with Gasteiger partial charge >= 0.3 is 11.9 Å². The highest BCUT2D eigenvalue weighted by atomic mass is 16.6. The summed E-state index contributed by atoms with van der Waals surface area (Å²) in [6.45, 7) is 6.11. The first-order valence-electron chi connectivity index (χ1n) is 6.40. The lowest BCUT2D eigenvalue weighted by Gasteiger charge is -2.19. The minimum absolute atomic E-state index is 0.210. The van der Waals surface area contributed by atoms with Gasteiger partial charge in [0.15, 0.2) is 0 Å². The van der Waals surface area contributed by atoms with E-state index >= 15 is 0 Å². The molecule has 5 heteroatoms. The van der Waals surface area contributed by atoms with Crippen molar-refractivity contribution in [3.63, 3.8) is 0 Å². The van der Waals surface area contributed by atoms with E-state index in [4.69, 9.17) is 9.84 Å². The van der Waals surface area contributed by atoms with E-state index in [2.05, 4.69) is 0 Å². The number of carbonyl (C=O) groups is 2. The van der Waals surface area contributed by atoms with E-state index in [1.165, 1.54) is 0 Å². The maximum atomic E-state index is 11.5. The first-order chi connectivity index (χ1) is 8.79. The maximum Gasteiger partial charge on any atom is 0.352 e. The number of esters is 1. The molecule has 106 valence electrons. The summed E-state index contributed by atoms with van der Waals surface area (Å²) in [5.74, 6) is -1.14. The maximum absolute atomic E-state index is 11.5. The molecule has 0 saturated heterocycles. The largest absolute Gasteiger partial charge is 0.477 e. The molecule has 1 N–H and O–H groups in total. The van der Waals surface area contributed by atoms with Crippen LogP contribution in [0, 0.1) is 0 Å². The Balaban J connectivity index is 2.30. The third-order valence-electron chi connectivity index (χ3n) is 2.50. The van der Waals surface area contributed by atoms with Crippen LogP contribution in [0.15, 0.2) is 18.3 Å². The standard InChI is InChI=1S/C14H21NO4/c1-14(2,3)19-12(16)8-4-5-9-15-10-6-7-11(15)13(17)18/h6-7,10H,4-5,8-9H2,1-3H3,(H,17,18). The summed E-state index contributed by atoms with van der Waals surface area (Å²) >= 11 is 0. The van der Waals surface area contributed by atoms with Crippen molar-refractivity contribution in [2.75, 3.05) is 0 Å². The molecular weight excluding hydrogens is 246 g/mol. The number of carbonyl (C=O) groups excluding carboxylic acids is 1. The van der Waals surface area contributed by atoms with Gasteiger partial charge in [-0.2, -0.15) is 0 Å². The zero-order valence-electron chi connectivity index (χ0n) is 11.7. The summed E-state index contributed by atoms with van der Waals surface area (Å²) in [5.41, 5.74) is -0.175. The SMILES string of the molecule is CC(C)(C)OC(=O)CCCCn1cccc1C(=O)O. The Hall–Kier alpha value is -1.78. The molecule has 19 heavy (non-hydrogen) atoms. The van der Waals surface area contributed by atoms with Gasteiger partial charge in [-0.1, -0.05) is 0 Å². The van der Waals surface area contributed by atoms with E-state index in [1.807, 2.05) is 20.8 Å². The Morgan fingerprint density at radius 1 is 1.32 bits per heavy atom. The predicted octanol–water partition coefficient (Wildman–Crippen LogP) is 2.70. The molecule has 0 aliphatic heterocycles. The first kappa shape index (κ1) is 15.3. The zero-order valence-corrected chi connectivity index (χ0v) is 11.7. The van der Waals surface area contributed by atoms with Crippen molar-refractivity contribution < 1.29 is 19.4 Å². The molecule has 0 spiro atoms. The fourth-order valence-corrected chi connectivity index (χ4v) is 1.75. The predicted molar refractivity (Wildman–Crippen MR) is 71.1 cm³/mol. The van der Waals surface area contributed by atoms with Crippen molar-refractivity contribution in [1.82, 2.24) is 4.57 Å². The highest BCUT2D eigenvalue weighted by molar-refractivity contribution is 5.85. The fraction of sp³-hybridized carbons (Fsp3) is 0.571. The topological polar surface area (TPSA) is 68.5 Å². The molecular formula is C14H21NO4. The summed E-state index contributed by atoms with van der Waals surface area (Å²) < 4.78 is 6.88. The van der Waals surface area contributed by atoms with E-state index in [1.54, 1.807) is 22.9 Å². The second kappa shape index (κ2) is 6.41. The zero-order chi connectivity index (χ0) is 14.5. The second-order valence-corrected chi connectivity index (χ2v) is 5.44. The number of aromatic carboxylic acids is 1. The molecule has 0 saturated carbocycles. The van der Waals surface area contributed by atoms with Crippen molar-refractivity contribution in [1.29, 1.82) is 0 Å². The van der Waals surface area contributed by atoms with Gasteiger partial charge in [-0.3, -0.25) is 4.79 Å². The lowest BCUT2D eigenvalue weighted by atomic mass is 10.2. The molecule has 0 aliphatic rings. The van der Waals surface area contributed by atoms with Gasteiger partial charge in [-0.05, 0) is 45.7 Å². The average Bonchev–Trinajstić information content (AvgIpc) is 2.70. The highest BCUT2D eigenvalue weighted by Crippen LogP contribution is 2.11. The highest BCUT2D eigenvalue weighted by Gasteiger charge is 2.15. The monoisotopic (exact) mass is 267 g/mol. The molecule has 0 aliphatic carbocycles. The van der Waals surface area contributed by atoms with Gasteiger partial charge < -0.3 is 14.4 Å². The molecule has 1 aromatic heterocycles. The summed E-state index contributed by atoms with van der Waals surface area (Å²) in [4.78, 5) is 22.4. The molecule has 1 rings (SSSR count). The van der Waals surface area contributed by atoms with Crippen molar-refractivity contribution in [2.45, 2.75) is 52.2 Å². The molecule has 0 radical (unpaired) electrons. The Morgan fingerprint density at radius 3 is 2.58 bits per heavy atom. The first-order valence-corrected chi connectivity index (χ1v) is 6.40. The smallest absolute Gasteiger partial charge is 0.352 e. The van der Waals surface area contributed by atoms with Gasteiger partial charge in [0.25, 0.3) is 0 Å². The third kappa shape index (κ3) is 5.59. The van der Waals surface area contributed by atoms with Crippen LogP contribution in [0.2, 0.25) is 0 Å². The van der Waals surface area contributed by atoms with Crippen LogP contribution in [-0.4, -0.2) is 27.2 Å². The quantitative estimate of drug-likeness (QED) is 0.635. The molecule has 0 amide bonds. The van der Waals surface area contributed by atoms with Crippen LogP contribution in [0.1, 0.15) is 50.5 Å². The molecule has 5 nitrogen and oxygen atoms in total. The third-order valence-corrected chi connectivity index (χ3v) is 2.50. The van der Waals surface area contributed by atoms with Crippen molar-refractivity contribution >= 4 is 11.9 Å². The Kier molecular flexibility index (Phi) is 5.15. The summed E-state index contributed by atoms with van der Waals surface area (Å²) in [6.07, 6.45) is 3.53. The number of hydrogen-bond donors (Lipinski definition) is 1. The number of rotatable bonds is 6. The second-order valence-electron chi connectivity index (χ2n) is 5.44. The molecule has 0 atom stereocenters. The van der Waals surface area contributed by atoms with Crippen molar-refractivity contribution in [3.8, 4) is 0 Å². The van der Waals surface area contributed by atoms with Crippen LogP contribution in [0.5, 0.6) is 0 Å². The van der Waals surface area contributed by atoms with Crippen LogP contribution in [0.3, 0.4) is 0 Å². The van der Waals surface area contributed by atoms with Gasteiger partial charge in [0, 0.05) is 19.2 Å². The number of nitrogens with zero attached hydrogens (tertiary/aromatic N) is 1. The number of aromatic nitrogens is 1. The minimum atomic E-state index is -0.933. The van der Waals surface area contributed by atoms with E-state index in [0.29, 0.717) is 19.4 Å². The average molecular weight is 267 g/mol. The van der Waals surface area contributed by atoms with Gasteiger partial charge in [0.2, 0.25) is 0 Å². The van der Waals surface area contributed by atoms with Crippen LogP contribution in [-0.2, 0) is 16.1 Å². The molecule has 0 unspecified atom stereocenters. The van der Waals surface area contributed by atoms with Crippen LogP contribution < -0.4 is 0 Å². The number of aryl methyl sites for hydroxylation is 1. The lowest BCUT2D eigenvalue weighted by Crippen LogP contribution is -2.23. The van der Waals surface area contributed by atoms with Crippen molar-refractivity contribution in [3.05, 3.63) is 24.0 Å². The Morgan fingerprint density at radius 2 is 2.00 bits per heavy atom. The van der Waals surface area contributed by atoms with E-state index in [0.717, 1.165) is 6.42 Å². The molecule has 0 bridgehead atoms. The normalized spacial score (nSPS) is 11.3. The number of carboxylic acid groups (broad SMARTS) is 1. The minimum Gasteiger partial charge on any atom is -0.477 e. The van der Waals surface area contributed by atoms with Crippen LogP contribution >= 0.6 is 0 Å². The van der Waals surface area contributed by atoms with Crippen LogP contribution in [0.25, 0.3) is 0 Å². The van der Waals surface area contributed by atoms with Gasteiger partial charge in [-0.15, -0.1) is 0 Å². The summed E-state index contributed by atoms with van der Waals surface area (Å²) in [6, 6.07) is 3.27. The van der Waals surface area contributed by atoms with E-state index in [9.17, 15) is 9.59 Å². The lowest BCUT2D eigenvalue weighted by molar-refractivity contribution is -0.154. The molecule has 1 heterocycles. The summed E-state index contributed by atoms with van der Waals surface area (Å²) in [7, 11) is 0. The Labute approximate surface area is 113 Å². The Bertz CT molecular complexity index is 443. The van der Waals surface area contributed by atoms with E-state index < -0.39 is 11.6 Å².